The van der Waals surface area contributed by atoms with Gasteiger partial charge >= 0.3 is 0 Å². The number of hydrogen-bond acceptors (Lipinski definition) is 5. The highest BCUT2D eigenvalue weighted by molar-refractivity contribution is 6.99. The van der Waals surface area contributed by atoms with E-state index >= 15 is 0 Å². The van der Waals surface area contributed by atoms with E-state index in [0.29, 0.717) is 11.4 Å². The summed E-state index contributed by atoms with van der Waals surface area (Å²) >= 11 is 1.08. The smallest absolute Gasteiger partial charge is 0.273 e. The van der Waals surface area contributed by atoms with Gasteiger partial charge in [-0.3, -0.25) is 9.69 Å². The quantitative estimate of drug-likeness (QED) is 0.936. The molecule has 1 fully saturated rings. The minimum absolute atomic E-state index is 0.104. The summed E-state index contributed by atoms with van der Waals surface area (Å²) in [6.45, 7) is 4.64. The Morgan fingerprint density at radius 3 is 2.90 bits per heavy atom. The molecule has 1 aliphatic heterocycles. The lowest BCUT2D eigenvalue weighted by Gasteiger charge is -2.16. The second-order valence-corrected chi connectivity index (χ2v) is 5.91. The third-order valence-electron chi connectivity index (χ3n) is 3.72. The number of hydrogen-bond donors (Lipinski definition) is 1. The van der Waals surface area contributed by atoms with Crippen molar-refractivity contribution in [2.24, 2.45) is 0 Å². The minimum Gasteiger partial charge on any atom is -0.347 e. The van der Waals surface area contributed by atoms with Crippen molar-refractivity contribution in [3.05, 3.63) is 47.3 Å². The zero-order valence-corrected chi connectivity index (χ0v) is 12.8. The van der Waals surface area contributed by atoms with Crippen LogP contribution in [0.3, 0.4) is 0 Å². The predicted molar refractivity (Wildman–Crippen MR) is 82.2 cm³/mol. The molecule has 1 amide bonds. The van der Waals surface area contributed by atoms with Gasteiger partial charge < -0.3 is 5.32 Å². The van der Waals surface area contributed by atoms with Gasteiger partial charge in [-0.1, -0.05) is 30.3 Å². The summed E-state index contributed by atoms with van der Waals surface area (Å²) in [5.41, 5.74) is 2.47. The second kappa shape index (κ2) is 6.32. The molecule has 21 heavy (non-hydrogen) atoms. The molecule has 1 aromatic heterocycles. The maximum Gasteiger partial charge on any atom is 0.273 e. The molecule has 3 rings (SSSR count). The van der Waals surface area contributed by atoms with Crippen LogP contribution in [0.4, 0.5) is 0 Å². The average molecular weight is 302 g/mol. The van der Waals surface area contributed by atoms with Crippen LogP contribution in [0.25, 0.3) is 0 Å². The first-order chi connectivity index (χ1) is 10.2. The van der Waals surface area contributed by atoms with Crippen LogP contribution in [-0.4, -0.2) is 38.7 Å². The predicted octanol–water partition coefficient (Wildman–Crippen LogP) is 1.85. The van der Waals surface area contributed by atoms with Gasteiger partial charge in [0.15, 0.2) is 5.69 Å². The molecular weight excluding hydrogens is 284 g/mol. The van der Waals surface area contributed by atoms with E-state index in [4.69, 9.17) is 0 Å². The lowest BCUT2D eigenvalue weighted by molar-refractivity contribution is 0.0933. The van der Waals surface area contributed by atoms with Crippen LogP contribution in [0.15, 0.2) is 30.3 Å². The van der Waals surface area contributed by atoms with E-state index < -0.39 is 0 Å². The first-order valence-electron chi connectivity index (χ1n) is 7.08. The standard InChI is InChI=1S/C15H18N4OS/c1-11-14(18-21-17-11)15(20)16-13-7-8-19(10-13)9-12-5-3-2-4-6-12/h2-6,13H,7-10H2,1H3,(H,16,20)/t13-/m0/s1. The molecule has 0 aliphatic carbocycles. The number of carbonyl (C=O) groups excluding carboxylic acids is 1. The zero-order valence-electron chi connectivity index (χ0n) is 12.0. The van der Waals surface area contributed by atoms with Crippen LogP contribution in [0.5, 0.6) is 0 Å². The molecule has 110 valence electrons. The Hall–Kier alpha value is -1.79. The highest BCUT2D eigenvalue weighted by Crippen LogP contribution is 2.14. The molecule has 1 N–H and O–H groups in total. The van der Waals surface area contributed by atoms with Crippen molar-refractivity contribution in [2.75, 3.05) is 13.1 Å². The van der Waals surface area contributed by atoms with Crippen molar-refractivity contribution in [3.8, 4) is 0 Å². The first kappa shape index (κ1) is 14.2. The number of aromatic nitrogens is 2. The molecule has 5 nitrogen and oxygen atoms in total. The molecule has 0 unspecified atom stereocenters. The lowest BCUT2D eigenvalue weighted by Crippen LogP contribution is -2.37. The van der Waals surface area contributed by atoms with E-state index in [9.17, 15) is 4.79 Å². The molecule has 0 spiro atoms. The Labute approximate surface area is 128 Å². The molecule has 0 bridgehead atoms. The molecule has 1 atom stereocenters. The highest BCUT2D eigenvalue weighted by atomic mass is 32.1. The van der Waals surface area contributed by atoms with E-state index in [1.54, 1.807) is 0 Å². The molecule has 2 heterocycles. The summed E-state index contributed by atoms with van der Waals surface area (Å²) in [7, 11) is 0. The van der Waals surface area contributed by atoms with Gasteiger partial charge in [0.2, 0.25) is 0 Å². The molecule has 1 aromatic carbocycles. The summed E-state index contributed by atoms with van der Waals surface area (Å²) in [6.07, 6.45) is 0.981. The van der Waals surface area contributed by atoms with Gasteiger partial charge in [0.25, 0.3) is 5.91 Å². The minimum atomic E-state index is -0.104. The normalized spacial score (nSPS) is 18.8. The summed E-state index contributed by atoms with van der Waals surface area (Å²) in [5.74, 6) is -0.104. The second-order valence-electron chi connectivity index (χ2n) is 5.38. The van der Waals surface area contributed by atoms with Gasteiger partial charge in [-0.05, 0) is 18.9 Å². The monoisotopic (exact) mass is 302 g/mol. The van der Waals surface area contributed by atoms with Gasteiger partial charge in [-0.15, -0.1) is 0 Å². The summed E-state index contributed by atoms with van der Waals surface area (Å²) in [4.78, 5) is 14.5. The Bertz CT molecular complexity index is 613. The number of nitrogens with zero attached hydrogens (tertiary/aromatic N) is 3. The van der Waals surface area contributed by atoms with E-state index in [0.717, 1.165) is 37.8 Å². The topological polar surface area (TPSA) is 58.1 Å². The summed E-state index contributed by atoms with van der Waals surface area (Å²) in [6, 6.07) is 10.6. The Morgan fingerprint density at radius 1 is 1.38 bits per heavy atom. The van der Waals surface area contributed by atoms with Crippen molar-refractivity contribution in [1.82, 2.24) is 19.0 Å². The van der Waals surface area contributed by atoms with Crippen LogP contribution in [0.2, 0.25) is 0 Å². The average Bonchev–Trinajstić information content (AvgIpc) is 3.09. The van der Waals surface area contributed by atoms with Gasteiger partial charge in [-0.25, -0.2) is 0 Å². The number of amides is 1. The summed E-state index contributed by atoms with van der Waals surface area (Å²) < 4.78 is 8.09. The number of benzene rings is 1. The van der Waals surface area contributed by atoms with Gasteiger partial charge in [-0.2, -0.15) is 8.75 Å². The van der Waals surface area contributed by atoms with E-state index in [1.165, 1.54) is 5.56 Å². The fourth-order valence-electron chi connectivity index (χ4n) is 2.63. The van der Waals surface area contributed by atoms with Crippen LogP contribution in [0.1, 0.15) is 28.2 Å². The lowest BCUT2D eigenvalue weighted by atomic mass is 10.2. The molecular formula is C15H18N4OS. The van der Waals surface area contributed by atoms with Crippen molar-refractivity contribution < 1.29 is 4.79 Å². The van der Waals surface area contributed by atoms with Gasteiger partial charge in [0.05, 0.1) is 17.4 Å². The van der Waals surface area contributed by atoms with Crippen LogP contribution in [-0.2, 0) is 6.54 Å². The highest BCUT2D eigenvalue weighted by Gasteiger charge is 2.25. The number of likely N-dealkylation sites (tertiary alicyclic amines) is 1. The molecule has 0 radical (unpaired) electrons. The van der Waals surface area contributed by atoms with Crippen molar-refractivity contribution >= 4 is 17.6 Å². The number of aryl methyl sites for hydroxylation is 1. The SMILES string of the molecule is Cc1nsnc1C(=O)N[C@H]1CCN(Cc2ccccc2)C1. The fourth-order valence-corrected chi connectivity index (χ4v) is 3.17. The van der Waals surface area contributed by atoms with Crippen LogP contribution in [0, 0.1) is 6.92 Å². The molecule has 1 aliphatic rings. The summed E-state index contributed by atoms with van der Waals surface area (Å²) in [5, 5.41) is 3.06. The number of carbonyl (C=O) groups is 1. The maximum atomic E-state index is 12.1. The fraction of sp³-hybridized carbons (Fsp3) is 0.400. The number of rotatable bonds is 4. The molecule has 1 saturated heterocycles. The van der Waals surface area contributed by atoms with E-state index in [-0.39, 0.29) is 11.9 Å². The van der Waals surface area contributed by atoms with Crippen molar-refractivity contribution in [3.63, 3.8) is 0 Å². The third-order valence-corrected chi connectivity index (χ3v) is 4.34. The molecule has 0 saturated carbocycles. The van der Waals surface area contributed by atoms with Gasteiger partial charge in [0, 0.05) is 25.7 Å². The molecule has 6 heteroatoms. The van der Waals surface area contributed by atoms with E-state index in [1.807, 2.05) is 13.0 Å². The van der Waals surface area contributed by atoms with Crippen molar-refractivity contribution in [2.45, 2.75) is 25.9 Å². The maximum absolute atomic E-state index is 12.1. The van der Waals surface area contributed by atoms with Crippen LogP contribution >= 0.6 is 11.7 Å². The molecule has 2 aromatic rings. The number of nitrogens with one attached hydrogen (secondary N) is 1. The van der Waals surface area contributed by atoms with Crippen LogP contribution < -0.4 is 5.32 Å². The first-order valence-corrected chi connectivity index (χ1v) is 7.81. The Kier molecular flexibility index (Phi) is 4.26. The Morgan fingerprint density at radius 2 is 2.19 bits per heavy atom. The van der Waals surface area contributed by atoms with Crippen molar-refractivity contribution in [1.29, 1.82) is 0 Å². The van der Waals surface area contributed by atoms with Gasteiger partial charge in [0.1, 0.15) is 0 Å². The Balaban J connectivity index is 1.53. The largest absolute Gasteiger partial charge is 0.347 e. The zero-order chi connectivity index (χ0) is 14.7. The third kappa shape index (κ3) is 3.46. The van der Waals surface area contributed by atoms with E-state index in [2.05, 4.69) is 43.2 Å².